The lowest BCUT2D eigenvalue weighted by Gasteiger charge is -2.29. The Balaban J connectivity index is 1.42. The summed E-state index contributed by atoms with van der Waals surface area (Å²) in [4.78, 5) is 37.1. The Morgan fingerprint density at radius 3 is 2.64 bits per heavy atom. The predicted molar refractivity (Wildman–Crippen MR) is 128 cm³/mol. The number of aryl methyl sites for hydroxylation is 1. The maximum atomic E-state index is 13.3. The fourth-order valence-corrected chi connectivity index (χ4v) is 4.53. The fraction of sp³-hybridized carbons (Fsp3) is 0.231. The van der Waals surface area contributed by atoms with Crippen LogP contribution in [0.2, 0.25) is 5.02 Å². The number of aromatic nitrogens is 3. The Bertz CT molecular complexity index is 1400. The summed E-state index contributed by atoms with van der Waals surface area (Å²) in [6.45, 7) is 1.61. The lowest BCUT2D eigenvalue weighted by molar-refractivity contribution is -0.132. The molecule has 0 N–H and O–H groups in total. The number of hydrogen-bond acceptors (Lipinski definition) is 4. The summed E-state index contributed by atoms with van der Waals surface area (Å²) in [6, 6.07) is 19.1. The molecule has 166 valence electrons. The van der Waals surface area contributed by atoms with Crippen molar-refractivity contribution in [2.24, 2.45) is 0 Å². The van der Waals surface area contributed by atoms with Crippen molar-refractivity contribution in [2.45, 2.75) is 32.4 Å². The molecule has 5 rings (SSSR count). The molecule has 0 saturated heterocycles. The number of carbonyl (C=O) groups excluding carboxylic acids is 1. The Labute approximate surface area is 196 Å². The summed E-state index contributed by atoms with van der Waals surface area (Å²) in [5.41, 5.74) is 3.54. The van der Waals surface area contributed by atoms with E-state index in [0.717, 1.165) is 12.0 Å². The van der Waals surface area contributed by atoms with Gasteiger partial charge in [0.15, 0.2) is 5.65 Å². The third-order valence-corrected chi connectivity index (χ3v) is 6.51. The summed E-state index contributed by atoms with van der Waals surface area (Å²) in [7, 11) is 0. The van der Waals surface area contributed by atoms with Crippen LogP contribution in [-0.4, -0.2) is 31.9 Å². The summed E-state index contributed by atoms with van der Waals surface area (Å²) in [6.07, 6.45) is 3.10. The van der Waals surface area contributed by atoms with E-state index in [1.807, 2.05) is 35.2 Å². The van der Waals surface area contributed by atoms with E-state index in [4.69, 9.17) is 11.6 Å². The molecule has 7 heteroatoms. The zero-order chi connectivity index (χ0) is 22.8. The van der Waals surface area contributed by atoms with Gasteiger partial charge in [0.1, 0.15) is 5.82 Å². The molecule has 0 bridgehead atoms. The third-order valence-electron chi connectivity index (χ3n) is 6.14. The number of halogens is 1. The van der Waals surface area contributed by atoms with Crippen LogP contribution in [-0.2, 0) is 30.7 Å². The van der Waals surface area contributed by atoms with Crippen molar-refractivity contribution in [1.29, 1.82) is 0 Å². The normalized spacial score (nSPS) is 13.2. The molecule has 0 spiro atoms. The number of amides is 1. The standard InChI is InChI=1S/C26H23ClN4O2/c27-22-10-4-3-8-20(22)17-31-23(29-25-21(26(31)33)9-5-14-28-25)11-12-24(32)30-15-13-18-6-1-2-7-19(18)16-30/h1-10,14H,11-13,15-17H2. The average molecular weight is 459 g/mol. The zero-order valence-corrected chi connectivity index (χ0v) is 18.8. The second-order valence-electron chi connectivity index (χ2n) is 8.22. The van der Waals surface area contributed by atoms with Crippen LogP contribution < -0.4 is 5.56 Å². The van der Waals surface area contributed by atoms with Gasteiger partial charge in [-0.1, -0.05) is 54.1 Å². The molecule has 6 nitrogen and oxygen atoms in total. The Morgan fingerprint density at radius 1 is 1.00 bits per heavy atom. The quantitative estimate of drug-likeness (QED) is 0.453. The van der Waals surface area contributed by atoms with Crippen molar-refractivity contribution in [2.75, 3.05) is 6.54 Å². The largest absolute Gasteiger partial charge is 0.338 e. The van der Waals surface area contributed by atoms with Crippen molar-refractivity contribution in [3.05, 3.63) is 105 Å². The van der Waals surface area contributed by atoms with E-state index in [0.29, 0.717) is 41.4 Å². The average Bonchev–Trinajstić information content (AvgIpc) is 2.85. The second-order valence-corrected chi connectivity index (χ2v) is 8.63. The number of hydrogen-bond donors (Lipinski definition) is 0. The van der Waals surface area contributed by atoms with E-state index in [2.05, 4.69) is 22.1 Å². The molecule has 0 saturated carbocycles. The highest BCUT2D eigenvalue weighted by atomic mass is 35.5. The third kappa shape index (κ3) is 4.39. The molecule has 1 aliphatic rings. The van der Waals surface area contributed by atoms with Gasteiger partial charge in [0.05, 0.1) is 11.9 Å². The summed E-state index contributed by atoms with van der Waals surface area (Å²) < 4.78 is 1.62. The van der Waals surface area contributed by atoms with Crippen molar-refractivity contribution < 1.29 is 4.79 Å². The maximum absolute atomic E-state index is 13.3. The minimum absolute atomic E-state index is 0.0594. The fourth-order valence-electron chi connectivity index (χ4n) is 4.33. The molecule has 4 aromatic rings. The first-order valence-electron chi connectivity index (χ1n) is 11.0. The van der Waals surface area contributed by atoms with Crippen LogP contribution in [0.5, 0.6) is 0 Å². The highest BCUT2D eigenvalue weighted by Gasteiger charge is 2.21. The molecule has 0 fully saturated rings. The molecular weight excluding hydrogens is 436 g/mol. The van der Waals surface area contributed by atoms with Gasteiger partial charge >= 0.3 is 0 Å². The minimum atomic E-state index is -0.178. The molecule has 0 aliphatic carbocycles. The van der Waals surface area contributed by atoms with Crippen molar-refractivity contribution in [3.63, 3.8) is 0 Å². The zero-order valence-electron chi connectivity index (χ0n) is 18.1. The molecule has 0 atom stereocenters. The lowest BCUT2D eigenvalue weighted by Crippen LogP contribution is -2.36. The van der Waals surface area contributed by atoms with E-state index < -0.39 is 0 Å². The van der Waals surface area contributed by atoms with Crippen LogP contribution in [0.1, 0.15) is 28.9 Å². The molecule has 1 amide bonds. The number of pyridine rings is 1. The molecule has 2 aromatic carbocycles. The van der Waals surface area contributed by atoms with Gasteiger partial charge in [-0.25, -0.2) is 9.97 Å². The first-order chi connectivity index (χ1) is 16.1. The number of carbonyl (C=O) groups is 1. The molecule has 3 heterocycles. The van der Waals surface area contributed by atoms with E-state index in [-0.39, 0.29) is 24.4 Å². The van der Waals surface area contributed by atoms with Gasteiger partial charge in [0, 0.05) is 37.2 Å². The molecule has 0 radical (unpaired) electrons. The monoisotopic (exact) mass is 458 g/mol. The molecule has 2 aromatic heterocycles. The smallest absolute Gasteiger partial charge is 0.263 e. The van der Waals surface area contributed by atoms with E-state index >= 15 is 0 Å². The topological polar surface area (TPSA) is 68.1 Å². The van der Waals surface area contributed by atoms with Gasteiger partial charge < -0.3 is 4.90 Å². The Morgan fingerprint density at radius 2 is 1.79 bits per heavy atom. The molecule has 0 unspecified atom stereocenters. The first kappa shape index (κ1) is 21.3. The van der Waals surface area contributed by atoms with Gasteiger partial charge in [0.2, 0.25) is 5.91 Å². The van der Waals surface area contributed by atoms with E-state index in [1.54, 1.807) is 29.0 Å². The van der Waals surface area contributed by atoms with Crippen LogP contribution in [0.3, 0.4) is 0 Å². The van der Waals surface area contributed by atoms with Crippen molar-refractivity contribution in [3.8, 4) is 0 Å². The SMILES string of the molecule is O=C(CCc1nc2ncccc2c(=O)n1Cc1ccccc1Cl)N1CCc2ccccc2C1. The summed E-state index contributed by atoms with van der Waals surface area (Å²) in [5.74, 6) is 0.598. The van der Waals surface area contributed by atoms with E-state index in [1.165, 1.54) is 11.1 Å². The maximum Gasteiger partial charge on any atom is 0.263 e. The molecular formula is C26H23ClN4O2. The lowest BCUT2D eigenvalue weighted by atomic mass is 9.99. The highest BCUT2D eigenvalue weighted by molar-refractivity contribution is 6.31. The van der Waals surface area contributed by atoms with Crippen molar-refractivity contribution >= 4 is 28.5 Å². The molecule has 1 aliphatic heterocycles. The van der Waals surface area contributed by atoms with Crippen molar-refractivity contribution in [1.82, 2.24) is 19.4 Å². The summed E-state index contributed by atoms with van der Waals surface area (Å²) in [5, 5.41) is 1.04. The van der Waals surface area contributed by atoms with Crippen LogP contribution in [0.4, 0.5) is 0 Å². The Hall–Kier alpha value is -3.51. The molecule has 33 heavy (non-hydrogen) atoms. The van der Waals surface area contributed by atoms with Gasteiger partial charge in [-0.05, 0) is 41.3 Å². The van der Waals surface area contributed by atoms with Gasteiger partial charge in [0.25, 0.3) is 5.56 Å². The van der Waals surface area contributed by atoms with Crippen LogP contribution in [0.25, 0.3) is 11.0 Å². The summed E-state index contributed by atoms with van der Waals surface area (Å²) >= 11 is 6.36. The van der Waals surface area contributed by atoms with Gasteiger partial charge in [-0.15, -0.1) is 0 Å². The highest BCUT2D eigenvalue weighted by Crippen LogP contribution is 2.20. The number of benzene rings is 2. The first-order valence-corrected chi connectivity index (χ1v) is 11.4. The number of fused-ring (bicyclic) bond motifs is 2. The van der Waals surface area contributed by atoms with Crippen LogP contribution in [0.15, 0.2) is 71.7 Å². The van der Waals surface area contributed by atoms with Gasteiger partial charge in [-0.3, -0.25) is 14.2 Å². The Kier molecular flexibility index (Phi) is 5.92. The second kappa shape index (κ2) is 9.16. The minimum Gasteiger partial charge on any atom is -0.338 e. The van der Waals surface area contributed by atoms with E-state index in [9.17, 15) is 9.59 Å². The number of nitrogens with zero attached hydrogens (tertiary/aromatic N) is 4. The van der Waals surface area contributed by atoms with Crippen LogP contribution >= 0.6 is 11.6 Å². The van der Waals surface area contributed by atoms with Crippen LogP contribution in [0, 0.1) is 0 Å². The number of rotatable bonds is 5. The predicted octanol–water partition coefficient (Wildman–Crippen LogP) is 4.01. The van der Waals surface area contributed by atoms with Gasteiger partial charge in [-0.2, -0.15) is 0 Å².